The summed E-state index contributed by atoms with van der Waals surface area (Å²) in [5, 5.41) is 2.65. The van der Waals surface area contributed by atoms with Gasteiger partial charge in [-0.25, -0.2) is 4.79 Å². The van der Waals surface area contributed by atoms with Crippen molar-refractivity contribution in [3.05, 3.63) is 0 Å². The van der Waals surface area contributed by atoms with Crippen molar-refractivity contribution in [3.8, 4) is 0 Å². The highest BCUT2D eigenvalue weighted by atomic mass is 16.7. The summed E-state index contributed by atoms with van der Waals surface area (Å²) < 4.78 is 15.9. The Labute approximate surface area is 96.4 Å². The van der Waals surface area contributed by atoms with Crippen LogP contribution in [0.3, 0.4) is 0 Å². The summed E-state index contributed by atoms with van der Waals surface area (Å²) in [5.74, 6) is -0.204. The Balaban J connectivity index is 2.13. The molecule has 1 heterocycles. The van der Waals surface area contributed by atoms with E-state index in [1.807, 2.05) is 27.7 Å². The number of ether oxygens (including phenoxy) is 3. The van der Waals surface area contributed by atoms with Gasteiger partial charge in [-0.15, -0.1) is 0 Å². The molecule has 1 amide bonds. The Kier molecular flexibility index (Phi) is 4.56. The van der Waals surface area contributed by atoms with E-state index in [-0.39, 0.29) is 6.10 Å². The Morgan fingerprint density at radius 2 is 2.25 bits per heavy atom. The maximum Gasteiger partial charge on any atom is 0.407 e. The van der Waals surface area contributed by atoms with Crippen molar-refractivity contribution in [2.24, 2.45) is 5.92 Å². The third-order valence-corrected chi connectivity index (χ3v) is 2.09. The van der Waals surface area contributed by atoms with Crippen molar-refractivity contribution in [1.29, 1.82) is 0 Å². The molecule has 0 aromatic heterocycles. The highest BCUT2D eigenvalue weighted by Gasteiger charge is 2.32. The van der Waals surface area contributed by atoms with Crippen LogP contribution in [0.2, 0.25) is 0 Å². The summed E-state index contributed by atoms with van der Waals surface area (Å²) in [7, 11) is 0. The number of carbonyl (C=O) groups excluding carboxylic acids is 1. The van der Waals surface area contributed by atoms with E-state index >= 15 is 0 Å². The second-order valence-corrected chi connectivity index (χ2v) is 4.82. The molecule has 1 N–H and O–H groups in total. The van der Waals surface area contributed by atoms with E-state index in [1.165, 1.54) is 0 Å². The van der Waals surface area contributed by atoms with Gasteiger partial charge in [0.2, 0.25) is 0 Å². The molecule has 0 bridgehead atoms. The summed E-state index contributed by atoms with van der Waals surface area (Å²) in [6, 6.07) is 0. The molecule has 94 valence electrons. The van der Waals surface area contributed by atoms with Gasteiger partial charge in [-0.1, -0.05) is 13.8 Å². The number of carbonyl (C=O) groups is 1. The van der Waals surface area contributed by atoms with Crippen LogP contribution in [0.15, 0.2) is 0 Å². The molecule has 0 aliphatic carbocycles. The monoisotopic (exact) mass is 231 g/mol. The van der Waals surface area contributed by atoms with Gasteiger partial charge in [0.25, 0.3) is 0 Å². The van der Waals surface area contributed by atoms with Crippen molar-refractivity contribution in [1.82, 2.24) is 5.32 Å². The second kappa shape index (κ2) is 5.50. The Morgan fingerprint density at radius 1 is 1.56 bits per heavy atom. The highest BCUT2D eigenvalue weighted by molar-refractivity contribution is 5.67. The normalized spacial score (nSPS) is 23.4. The van der Waals surface area contributed by atoms with E-state index in [9.17, 15) is 4.79 Å². The maximum absolute atomic E-state index is 11.2. The minimum Gasteiger partial charge on any atom is -0.449 e. The number of amides is 1. The van der Waals surface area contributed by atoms with E-state index in [1.54, 1.807) is 0 Å². The third kappa shape index (κ3) is 4.81. The van der Waals surface area contributed by atoms with Crippen LogP contribution in [-0.4, -0.2) is 37.7 Å². The molecule has 1 fully saturated rings. The van der Waals surface area contributed by atoms with Crippen molar-refractivity contribution in [2.45, 2.75) is 39.6 Å². The highest BCUT2D eigenvalue weighted by Crippen LogP contribution is 2.21. The Hall–Kier alpha value is -0.810. The van der Waals surface area contributed by atoms with Crippen molar-refractivity contribution >= 4 is 6.09 Å². The predicted octanol–water partition coefficient (Wildman–Crippen LogP) is 1.52. The molecule has 1 aliphatic rings. The lowest BCUT2D eigenvalue weighted by Crippen LogP contribution is -2.35. The molecule has 5 heteroatoms. The van der Waals surface area contributed by atoms with E-state index in [0.29, 0.717) is 25.7 Å². The lowest BCUT2D eigenvalue weighted by molar-refractivity contribution is -0.137. The van der Waals surface area contributed by atoms with Gasteiger partial charge in [0, 0.05) is 6.54 Å². The molecule has 0 spiro atoms. The third-order valence-electron chi connectivity index (χ3n) is 2.09. The zero-order valence-electron chi connectivity index (χ0n) is 10.4. The molecule has 0 radical (unpaired) electrons. The first-order chi connectivity index (χ1) is 7.39. The predicted molar refractivity (Wildman–Crippen MR) is 59.1 cm³/mol. The van der Waals surface area contributed by atoms with Crippen molar-refractivity contribution < 1.29 is 19.0 Å². The average molecular weight is 231 g/mol. The van der Waals surface area contributed by atoms with Gasteiger partial charge in [-0.2, -0.15) is 0 Å². The average Bonchev–Trinajstić information content (AvgIpc) is 2.52. The zero-order valence-corrected chi connectivity index (χ0v) is 10.4. The van der Waals surface area contributed by atoms with Crippen LogP contribution in [0.4, 0.5) is 4.79 Å². The Bertz CT molecular complexity index is 240. The molecular formula is C11H21NO4. The maximum atomic E-state index is 11.2. The van der Waals surface area contributed by atoms with E-state index in [4.69, 9.17) is 14.2 Å². The standard InChI is InChI=1S/C11H21NO4/c1-8(2)6-14-10(13)12-5-9-7-15-11(3,4)16-9/h8-9H,5-7H2,1-4H3,(H,12,13). The van der Waals surface area contributed by atoms with Gasteiger partial charge in [0.1, 0.15) is 6.10 Å². The topological polar surface area (TPSA) is 56.8 Å². The van der Waals surface area contributed by atoms with Crippen LogP contribution >= 0.6 is 0 Å². The number of rotatable bonds is 4. The molecule has 0 aromatic rings. The summed E-state index contributed by atoms with van der Waals surface area (Å²) in [6.07, 6.45) is -0.497. The van der Waals surface area contributed by atoms with Gasteiger partial charge in [-0.3, -0.25) is 0 Å². The fraction of sp³-hybridized carbons (Fsp3) is 0.909. The molecule has 1 aliphatic heterocycles. The molecule has 0 aromatic carbocycles. The lowest BCUT2D eigenvalue weighted by atomic mass is 10.2. The lowest BCUT2D eigenvalue weighted by Gasteiger charge is -2.17. The van der Waals surface area contributed by atoms with Crippen LogP contribution in [0.1, 0.15) is 27.7 Å². The molecule has 5 nitrogen and oxygen atoms in total. The largest absolute Gasteiger partial charge is 0.449 e. The minimum atomic E-state index is -0.547. The smallest absolute Gasteiger partial charge is 0.407 e. The van der Waals surface area contributed by atoms with Crippen LogP contribution in [-0.2, 0) is 14.2 Å². The second-order valence-electron chi connectivity index (χ2n) is 4.82. The van der Waals surface area contributed by atoms with Crippen LogP contribution in [0.25, 0.3) is 0 Å². The summed E-state index contributed by atoms with van der Waals surface area (Å²) in [6.45, 7) is 9.03. The summed E-state index contributed by atoms with van der Waals surface area (Å²) in [5.41, 5.74) is 0. The zero-order chi connectivity index (χ0) is 12.2. The van der Waals surface area contributed by atoms with Crippen molar-refractivity contribution in [3.63, 3.8) is 0 Å². The SMILES string of the molecule is CC(C)COC(=O)NCC1COC(C)(C)O1. The van der Waals surface area contributed by atoms with Gasteiger partial charge >= 0.3 is 6.09 Å². The van der Waals surface area contributed by atoms with Crippen LogP contribution < -0.4 is 5.32 Å². The molecular weight excluding hydrogens is 210 g/mol. The van der Waals surface area contributed by atoms with Gasteiger partial charge in [0.15, 0.2) is 5.79 Å². The molecule has 1 unspecified atom stereocenters. The van der Waals surface area contributed by atoms with Crippen LogP contribution in [0, 0.1) is 5.92 Å². The fourth-order valence-electron chi connectivity index (χ4n) is 1.35. The number of hydrogen-bond acceptors (Lipinski definition) is 4. The van der Waals surface area contributed by atoms with E-state index < -0.39 is 11.9 Å². The quantitative estimate of drug-likeness (QED) is 0.797. The number of alkyl carbamates (subject to hydrolysis) is 1. The first kappa shape index (κ1) is 13.3. The Morgan fingerprint density at radius 3 is 2.75 bits per heavy atom. The van der Waals surface area contributed by atoms with Gasteiger partial charge in [-0.05, 0) is 19.8 Å². The molecule has 16 heavy (non-hydrogen) atoms. The molecule has 1 atom stereocenters. The molecule has 1 saturated heterocycles. The first-order valence-corrected chi connectivity index (χ1v) is 5.61. The minimum absolute atomic E-state index is 0.0957. The van der Waals surface area contributed by atoms with E-state index in [0.717, 1.165) is 0 Å². The summed E-state index contributed by atoms with van der Waals surface area (Å²) >= 11 is 0. The first-order valence-electron chi connectivity index (χ1n) is 5.61. The molecule has 1 rings (SSSR count). The summed E-state index contributed by atoms with van der Waals surface area (Å²) in [4.78, 5) is 11.2. The van der Waals surface area contributed by atoms with Crippen molar-refractivity contribution in [2.75, 3.05) is 19.8 Å². The molecule has 0 saturated carbocycles. The number of nitrogens with one attached hydrogen (secondary N) is 1. The van der Waals surface area contributed by atoms with Gasteiger partial charge in [0.05, 0.1) is 13.2 Å². The number of hydrogen-bond donors (Lipinski definition) is 1. The fourth-order valence-corrected chi connectivity index (χ4v) is 1.35. The van der Waals surface area contributed by atoms with Gasteiger partial charge < -0.3 is 19.5 Å². The van der Waals surface area contributed by atoms with E-state index in [2.05, 4.69) is 5.32 Å². The van der Waals surface area contributed by atoms with Crippen LogP contribution in [0.5, 0.6) is 0 Å².